The third-order valence-corrected chi connectivity index (χ3v) is 11.3. The molecule has 2 amide bonds. The molecule has 3 aromatic carbocycles. The average Bonchev–Trinajstić information content (AvgIpc) is 3.63. The van der Waals surface area contributed by atoms with Gasteiger partial charge in [-0.1, -0.05) is 6.07 Å². The van der Waals surface area contributed by atoms with Crippen LogP contribution in [-0.4, -0.2) is 73.2 Å². The molecule has 292 valence electrons. The Morgan fingerprint density at radius 2 is 1.75 bits per heavy atom. The molecule has 0 saturated carbocycles. The molecule has 1 unspecified atom stereocenters. The number of hydrogen-bond acceptors (Lipinski definition) is 11. The molecule has 1 aliphatic rings. The van der Waals surface area contributed by atoms with Gasteiger partial charge < -0.3 is 19.7 Å². The Labute approximate surface area is 313 Å². The molecule has 4 aromatic rings. The van der Waals surface area contributed by atoms with Gasteiger partial charge in [-0.05, 0) is 87.2 Å². The minimum absolute atomic E-state index is 0.00437. The lowest BCUT2D eigenvalue weighted by atomic mass is 9.79. The van der Waals surface area contributed by atoms with Gasteiger partial charge in [0.25, 0.3) is 5.91 Å². The summed E-state index contributed by atoms with van der Waals surface area (Å²) >= 11 is 0. The second-order valence-corrected chi connectivity index (χ2v) is 15.5. The molecule has 2 heterocycles. The lowest BCUT2D eigenvalue weighted by Gasteiger charge is -2.45. The van der Waals surface area contributed by atoms with Crippen molar-refractivity contribution in [2.75, 3.05) is 30.0 Å². The fourth-order valence-electron chi connectivity index (χ4n) is 6.38. The van der Waals surface area contributed by atoms with Crippen molar-refractivity contribution in [3.05, 3.63) is 90.0 Å². The maximum atomic E-state index is 16.8. The first-order valence-electron chi connectivity index (χ1n) is 16.9. The highest BCUT2D eigenvalue weighted by atomic mass is 32.2. The number of pyridine rings is 1. The first kappa shape index (κ1) is 40.6. The number of halogens is 4. The van der Waals surface area contributed by atoms with Gasteiger partial charge in [-0.25, -0.2) is 23.4 Å². The van der Waals surface area contributed by atoms with Gasteiger partial charge in [0.1, 0.15) is 11.6 Å². The van der Waals surface area contributed by atoms with Crippen molar-refractivity contribution in [3.8, 4) is 5.75 Å². The summed E-state index contributed by atoms with van der Waals surface area (Å²) in [5.41, 5.74) is -3.61. The van der Waals surface area contributed by atoms with E-state index in [4.69, 9.17) is 10.6 Å². The van der Waals surface area contributed by atoms with Crippen LogP contribution in [0.4, 0.5) is 28.9 Å². The molecule has 0 radical (unpaired) electrons. The SMILES string of the molecule is CCOc1ccc(F)c([C@@](C(=O)N2CCC(C(=O)OC(=O)C(F)(F)F)C2)(c2cc(NC(C)=O)ccc2S(=O)(=O)C(C)C)N(N)c2ccc3cnccc3c2)c1. The second-order valence-electron chi connectivity index (χ2n) is 13.0. The van der Waals surface area contributed by atoms with E-state index >= 15 is 9.18 Å². The predicted molar refractivity (Wildman–Crippen MR) is 192 cm³/mol. The molecule has 5 rings (SSSR count). The molecule has 0 aliphatic carbocycles. The summed E-state index contributed by atoms with van der Waals surface area (Å²) in [7, 11) is -4.38. The fraction of sp³-hybridized carbons (Fsp3) is 0.324. The highest BCUT2D eigenvalue weighted by Crippen LogP contribution is 2.46. The van der Waals surface area contributed by atoms with Crippen LogP contribution in [0, 0.1) is 11.7 Å². The van der Waals surface area contributed by atoms with E-state index in [2.05, 4.69) is 15.0 Å². The van der Waals surface area contributed by atoms with Crippen molar-refractivity contribution in [1.82, 2.24) is 9.88 Å². The summed E-state index contributed by atoms with van der Waals surface area (Å²) in [6.07, 6.45) is -2.71. The van der Waals surface area contributed by atoms with Gasteiger partial charge in [0.2, 0.25) is 5.91 Å². The van der Waals surface area contributed by atoms with Crippen molar-refractivity contribution in [2.45, 2.75) is 56.0 Å². The van der Waals surface area contributed by atoms with E-state index in [1.54, 1.807) is 31.3 Å². The molecule has 55 heavy (non-hydrogen) atoms. The first-order valence-corrected chi connectivity index (χ1v) is 18.5. The maximum absolute atomic E-state index is 16.8. The van der Waals surface area contributed by atoms with Crippen LogP contribution < -0.4 is 20.9 Å². The molecule has 0 bridgehead atoms. The van der Waals surface area contributed by atoms with Crippen LogP contribution in [-0.2, 0) is 39.3 Å². The lowest BCUT2D eigenvalue weighted by Crippen LogP contribution is -2.62. The molecule has 3 N–H and O–H groups in total. The van der Waals surface area contributed by atoms with E-state index in [0.29, 0.717) is 10.8 Å². The third kappa shape index (κ3) is 7.95. The van der Waals surface area contributed by atoms with E-state index < -0.39 is 84.9 Å². The number of benzene rings is 3. The molecular weight excluding hydrogens is 750 g/mol. The van der Waals surface area contributed by atoms with E-state index in [1.165, 1.54) is 57.3 Å². The Morgan fingerprint density at radius 3 is 2.40 bits per heavy atom. The number of hydrazine groups is 1. The van der Waals surface area contributed by atoms with Gasteiger partial charge >= 0.3 is 18.1 Å². The van der Waals surface area contributed by atoms with E-state index in [1.807, 2.05) is 0 Å². The van der Waals surface area contributed by atoms with Crippen LogP contribution in [0.5, 0.6) is 5.75 Å². The van der Waals surface area contributed by atoms with Crippen LogP contribution >= 0.6 is 0 Å². The summed E-state index contributed by atoms with van der Waals surface area (Å²) in [4.78, 5) is 56.9. The quantitative estimate of drug-likeness (QED) is 0.0686. The number of aromatic nitrogens is 1. The minimum Gasteiger partial charge on any atom is -0.494 e. The zero-order valence-corrected chi connectivity index (χ0v) is 30.8. The minimum atomic E-state index is -5.48. The maximum Gasteiger partial charge on any atom is 0.491 e. The highest BCUT2D eigenvalue weighted by Gasteiger charge is 2.55. The number of esters is 2. The number of carbonyl (C=O) groups excluding carboxylic acids is 4. The summed E-state index contributed by atoms with van der Waals surface area (Å²) in [5.74, 6) is -1.39. The Hall–Kier alpha value is -5.62. The normalized spacial score (nSPS) is 15.7. The van der Waals surface area contributed by atoms with E-state index in [9.17, 15) is 36.0 Å². The fourth-order valence-corrected chi connectivity index (χ4v) is 7.66. The van der Waals surface area contributed by atoms with Crippen molar-refractivity contribution < 1.29 is 54.6 Å². The number of likely N-dealkylation sites (tertiary alicyclic amines) is 1. The largest absolute Gasteiger partial charge is 0.494 e. The number of carbonyl (C=O) groups is 4. The molecule has 18 heteroatoms. The standard InChI is InChI=1S/C37H37F4N5O8S/c1-5-53-28-9-10-31(38)29(18-28)36(46(42)27-8-6-24-19-43-14-12-23(24)16-27,30-17-26(44-22(4)47)7-11-32(30)55(51,52)21(2)3)34(49)45-15-13-25(20-45)33(48)54-35(50)37(39,40)41/h6-12,14,16-19,21,25H,5,13,15,20,42H2,1-4H3,(H,44,47)/t25?,36-/m0/s1. The number of anilines is 2. The van der Waals surface area contributed by atoms with Gasteiger partial charge in [0.05, 0.1) is 28.4 Å². The Kier molecular flexibility index (Phi) is 11.5. The topological polar surface area (TPSA) is 178 Å². The van der Waals surface area contributed by atoms with Crippen molar-refractivity contribution in [2.24, 2.45) is 11.8 Å². The molecule has 13 nitrogen and oxygen atoms in total. The van der Waals surface area contributed by atoms with E-state index in [0.717, 1.165) is 22.0 Å². The zero-order valence-electron chi connectivity index (χ0n) is 30.0. The monoisotopic (exact) mass is 787 g/mol. The van der Waals surface area contributed by atoms with Crippen molar-refractivity contribution in [1.29, 1.82) is 0 Å². The average molecular weight is 788 g/mol. The zero-order chi connectivity index (χ0) is 40.5. The lowest BCUT2D eigenvalue weighted by molar-refractivity contribution is -0.203. The smallest absolute Gasteiger partial charge is 0.491 e. The third-order valence-electron chi connectivity index (χ3n) is 9.06. The Balaban J connectivity index is 1.88. The molecule has 1 fully saturated rings. The first-order chi connectivity index (χ1) is 25.8. The Morgan fingerprint density at radius 1 is 1.02 bits per heavy atom. The summed E-state index contributed by atoms with van der Waals surface area (Å²) in [6.45, 7) is 4.73. The highest BCUT2D eigenvalue weighted by molar-refractivity contribution is 7.92. The number of nitrogens with zero attached hydrogens (tertiary/aromatic N) is 3. The molecule has 2 atom stereocenters. The van der Waals surface area contributed by atoms with Gasteiger partial charge in [-0.2, -0.15) is 13.2 Å². The molecule has 1 aliphatic heterocycles. The summed E-state index contributed by atoms with van der Waals surface area (Å²) in [6, 6.07) is 13.3. The number of rotatable bonds is 11. The summed E-state index contributed by atoms with van der Waals surface area (Å²) in [5, 5.41) is 3.53. The predicted octanol–water partition coefficient (Wildman–Crippen LogP) is 5.02. The molecular formula is C37H37F4N5O8S. The van der Waals surface area contributed by atoms with Gasteiger partial charge in [0, 0.05) is 54.6 Å². The van der Waals surface area contributed by atoms with Crippen LogP contribution in [0.2, 0.25) is 0 Å². The van der Waals surface area contributed by atoms with Gasteiger partial charge in [0.15, 0.2) is 15.4 Å². The molecule has 1 saturated heterocycles. The molecule has 0 spiro atoms. The van der Waals surface area contributed by atoms with Crippen molar-refractivity contribution in [3.63, 3.8) is 0 Å². The number of nitrogens with one attached hydrogen (secondary N) is 1. The number of nitrogens with two attached hydrogens (primary N) is 1. The number of fused-ring (bicyclic) bond motifs is 1. The Bertz CT molecular complexity index is 2270. The number of sulfone groups is 1. The van der Waals surface area contributed by atoms with Crippen molar-refractivity contribution >= 4 is 55.7 Å². The summed E-state index contributed by atoms with van der Waals surface area (Å²) < 4.78 is 93.9. The van der Waals surface area contributed by atoms with Crippen LogP contribution in [0.15, 0.2) is 78.0 Å². The van der Waals surface area contributed by atoms with Gasteiger partial charge in [-0.3, -0.25) is 24.4 Å². The number of ether oxygens (including phenoxy) is 2. The molecule has 1 aromatic heterocycles. The van der Waals surface area contributed by atoms with Crippen LogP contribution in [0.25, 0.3) is 10.8 Å². The van der Waals surface area contributed by atoms with Crippen LogP contribution in [0.1, 0.15) is 45.2 Å². The number of hydrogen-bond donors (Lipinski definition) is 2. The number of amides is 2. The number of alkyl halides is 3. The van der Waals surface area contributed by atoms with E-state index in [-0.39, 0.29) is 36.7 Å². The second kappa shape index (κ2) is 15.6. The van der Waals surface area contributed by atoms with Gasteiger partial charge in [-0.15, -0.1) is 0 Å². The van der Waals surface area contributed by atoms with Crippen LogP contribution in [0.3, 0.4) is 0 Å².